The molecule has 0 spiro atoms. The van der Waals surface area contributed by atoms with Crippen LogP contribution in [0.4, 0.5) is 5.69 Å². The van der Waals surface area contributed by atoms with Crippen LogP contribution >= 0.6 is 0 Å². The average Bonchev–Trinajstić information content (AvgIpc) is 3.15. The van der Waals surface area contributed by atoms with Crippen LogP contribution < -0.4 is 10.6 Å². The Bertz CT molecular complexity index is 829. The molecule has 24 heavy (non-hydrogen) atoms. The van der Waals surface area contributed by atoms with Crippen molar-refractivity contribution in [1.82, 2.24) is 14.9 Å². The molecule has 3 aromatic rings. The largest absolute Gasteiger partial charge is 0.343 e. The molecule has 1 heterocycles. The van der Waals surface area contributed by atoms with Crippen molar-refractivity contribution >= 4 is 17.5 Å². The van der Waals surface area contributed by atoms with Gasteiger partial charge in [-0.1, -0.05) is 24.3 Å². The number of nitrogens with one attached hydrogen (secondary N) is 2. The topological polar surface area (TPSA) is 76.0 Å². The molecular formula is C18H16N4O2. The second-order valence-electron chi connectivity index (χ2n) is 5.12. The zero-order valence-corrected chi connectivity index (χ0v) is 12.8. The molecule has 120 valence electrons. The Hall–Kier alpha value is -3.41. The number of carbonyl (C=O) groups excluding carboxylic acids is 2. The highest BCUT2D eigenvalue weighted by atomic mass is 16.2. The standard InChI is InChI=1S/C18H16N4O2/c23-17(21-15-6-2-1-3-7-15)12-20-18(24)14-5-4-8-16(11-14)22-10-9-19-13-22/h1-11,13H,12H2,(H,20,24)(H,21,23). The number of aromatic nitrogens is 2. The lowest BCUT2D eigenvalue weighted by atomic mass is 10.2. The van der Waals surface area contributed by atoms with Gasteiger partial charge in [0, 0.05) is 29.3 Å². The third-order valence-corrected chi connectivity index (χ3v) is 3.38. The molecule has 2 amide bonds. The molecular weight excluding hydrogens is 304 g/mol. The molecule has 1 aromatic heterocycles. The maximum Gasteiger partial charge on any atom is 0.251 e. The summed E-state index contributed by atoms with van der Waals surface area (Å²) in [6, 6.07) is 16.2. The molecule has 0 atom stereocenters. The summed E-state index contributed by atoms with van der Waals surface area (Å²) < 4.78 is 1.80. The maximum atomic E-state index is 12.2. The van der Waals surface area contributed by atoms with Gasteiger partial charge < -0.3 is 15.2 Å². The molecule has 6 nitrogen and oxygen atoms in total. The van der Waals surface area contributed by atoms with E-state index in [0.29, 0.717) is 11.3 Å². The van der Waals surface area contributed by atoms with Gasteiger partial charge in [0.1, 0.15) is 0 Å². The molecule has 0 saturated heterocycles. The Kier molecular flexibility index (Phi) is 4.67. The van der Waals surface area contributed by atoms with Crippen molar-refractivity contribution in [2.24, 2.45) is 0 Å². The first-order valence-corrected chi connectivity index (χ1v) is 7.44. The lowest BCUT2D eigenvalue weighted by Crippen LogP contribution is -2.32. The summed E-state index contributed by atoms with van der Waals surface area (Å²) in [7, 11) is 0. The van der Waals surface area contributed by atoms with Crippen molar-refractivity contribution < 1.29 is 9.59 Å². The van der Waals surface area contributed by atoms with Gasteiger partial charge in [-0.25, -0.2) is 4.98 Å². The zero-order chi connectivity index (χ0) is 16.8. The van der Waals surface area contributed by atoms with Gasteiger partial charge in [0.2, 0.25) is 5.91 Å². The fourth-order valence-corrected chi connectivity index (χ4v) is 2.21. The van der Waals surface area contributed by atoms with E-state index in [-0.39, 0.29) is 18.4 Å². The fourth-order valence-electron chi connectivity index (χ4n) is 2.21. The van der Waals surface area contributed by atoms with E-state index in [1.807, 2.05) is 24.3 Å². The molecule has 0 aliphatic heterocycles. The first kappa shape index (κ1) is 15.5. The zero-order valence-electron chi connectivity index (χ0n) is 12.8. The number of anilines is 1. The maximum absolute atomic E-state index is 12.2. The van der Waals surface area contributed by atoms with Gasteiger partial charge in [-0.2, -0.15) is 0 Å². The van der Waals surface area contributed by atoms with Crippen LogP contribution in [0.2, 0.25) is 0 Å². The molecule has 0 saturated carbocycles. The van der Waals surface area contributed by atoms with Crippen molar-refractivity contribution in [3.8, 4) is 5.69 Å². The van der Waals surface area contributed by atoms with Gasteiger partial charge in [0.05, 0.1) is 12.9 Å². The summed E-state index contributed by atoms with van der Waals surface area (Å²) in [5.41, 5.74) is 2.00. The number of nitrogens with zero attached hydrogens (tertiary/aromatic N) is 2. The number of imidazole rings is 1. The minimum absolute atomic E-state index is 0.0942. The van der Waals surface area contributed by atoms with Crippen LogP contribution in [0.3, 0.4) is 0 Å². The van der Waals surface area contributed by atoms with Gasteiger partial charge in [-0.15, -0.1) is 0 Å². The molecule has 0 fully saturated rings. The number of para-hydroxylation sites is 1. The Balaban J connectivity index is 1.59. The number of hydrogen-bond donors (Lipinski definition) is 2. The average molecular weight is 320 g/mol. The molecule has 6 heteroatoms. The van der Waals surface area contributed by atoms with Crippen molar-refractivity contribution in [1.29, 1.82) is 0 Å². The highest BCUT2D eigenvalue weighted by Crippen LogP contribution is 2.10. The van der Waals surface area contributed by atoms with Crippen molar-refractivity contribution in [2.45, 2.75) is 0 Å². The second kappa shape index (κ2) is 7.23. The fraction of sp³-hybridized carbons (Fsp3) is 0.0556. The summed E-state index contributed by atoms with van der Waals surface area (Å²) in [6.45, 7) is -0.0942. The van der Waals surface area contributed by atoms with Crippen molar-refractivity contribution in [3.05, 3.63) is 78.9 Å². The minimum atomic E-state index is -0.305. The molecule has 0 radical (unpaired) electrons. The number of hydrogen-bond acceptors (Lipinski definition) is 3. The molecule has 2 N–H and O–H groups in total. The number of carbonyl (C=O) groups is 2. The minimum Gasteiger partial charge on any atom is -0.343 e. The van der Waals surface area contributed by atoms with Gasteiger partial charge in [0.25, 0.3) is 5.91 Å². The van der Waals surface area contributed by atoms with Gasteiger partial charge >= 0.3 is 0 Å². The summed E-state index contributed by atoms with van der Waals surface area (Å²) in [5, 5.41) is 5.33. The normalized spacial score (nSPS) is 10.2. The summed E-state index contributed by atoms with van der Waals surface area (Å²) >= 11 is 0. The number of benzene rings is 2. The van der Waals surface area contributed by atoms with Gasteiger partial charge in [-0.3, -0.25) is 9.59 Å². The smallest absolute Gasteiger partial charge is 0.251 e. The van der Waals surface area contributed by atoms with E-state index < -0.39 is 0 Å². The van der Waals surface area contributed by atoms with Gasteiger partial charge in [-0.05, 0) is 30.3 Å². The van der Waals surface area contributed by atoms with Crippen LogP contribution in [0.25, 0.3) is 5.69 Å². The molecule has 0 bridgehead atoms. The lowest BCUT2D eigenvalue weighted by Gasteiger charge is -2.08. The molecule has 2 aromatic carbocycles. The highest BCUT2D eigenvalue weighted by molar-refractivity contribution is 5.99. The van der Waals surface area contributed by atoms with Crippen LogP contribution in [-0.2, 0) is 4.79 Å². The van der Waals surface area contributed by atoms with E-state index in [1.54, 1.807) is 53.6 Å². The number of rotatable bonds is 5. The summed E-state index contributed by atoms with van der Waals surface area (Å²) in [4.78, 5) is 28.1. The van der Waals surface area contributed by atoms with Crippen LogP contribution in [0.15, 0.2) is 73.3 Å². The van der Waals surface area contributed by atoms with E-state index in [2.05, 4.69) is 15.6 Å². The van der Waals surface area contributed by atoms with E-state index >= 15 is 0 Å². The first-order chi connectivity index (χ1) is 11.7. The monoisotopic (exact) mass is 320 g/mol. The predicted octanol–water partition coefficient (Wildman–Crippen LogP) is 2.24. The van der Waals surface area contributed by atoms with Gasteiger partial charge in [0.15, 0.2) is 0 Å². The number of amides is 2. The highest BCUT2D eigenvalue weighted by Gasteiger charge is 2.09. The van der Waals surface area contributed by atoms with E-state index in [4.69, 9.17) is 0 Å². The van der Waals surface area contributed by atoms with Crippen molar-refractivity contribution in [2.75, 3.05) is 11.9 Å². The third-order valence-electron chi connectivity index (χ3n) is 3.38. The Morgan fingerprint density at radius 1 is 1.04 bits per heavy atom. The van der Waals surface area contributed by atoms with E-state index in [1.165, 1.54) is 0 Å². The SMILES string of the molecule is O=C(CNC(=O)c1cccc(-n2ccnc2)c1)Nc1ccccc1. The Morgan fingerprint density at radius 2 is 1.88 bits per heavy atom. The predicted molar refractivity (Wildman–Crippen MR) is 91.0 cm³/mol. The van der Waals surface area contributed by atoms with Crippen LogP contribution in [0, 0.1) is 0 Å². The Morgan fingerprint density at radius 3 is 2.62 bits per heavy atom. The summed E-state index contributed by atoms with van der Waals surface area (Å²) in [5.74, 6) is -0.583. The van der Waals surface area contributed by atoms with Crippen molar-refractivity contribution in [3.63, 3.8) is 0 Å². The van der Waals surface area contributed by atoms with E-state index in [9.17, 15) is 9.59 Å². The lowest BCUT2D eigenvalue weighted by molar-refractivity contribution is -0.115. The molecule has 0 aliphatic rings. The second-order valence-corrected chi connectivity index (χ2v) is 5.12. The first-order valence-electron chi connectivity index (χ1n) is 7.44. The summed E-state index contributed by atoms with van der Waals surface area (Å²) in [6.07, 6.45) is 5.12. The molecule has 0 aliphatic carbocycles. The van der Waals surface area contributed by atoms with Crippen LogP contribution in [0.5, 0.6) is 0 Å². The third kappa shape index (κ3) is 3.86. The van der Waals surface area contributed by atoms with Crippen LogP contribution in [0.1, 0.15) is 10.4 Å². The Labute approximate surface area is 139 Å². The van der Waals surface area contributed by atoms with Crippen LogP contribution in [-0.4, -0.2) is 27.9 Å². The quantitative estimate of drug-likeness (QED) is 0.757. The van der Waals surface area contributed by atoms with E-state index in [0.717, 1.165) is 5.69 Å². The molecule has 0 unspecified atom stereocenters. The molecule has 3 rings (SSSR count).